The van der Waals surface area contributed by atoms with E-state index in [1.54, 1.807) is 0 Å². The lowest BCUT2D eigenvalue weighted by atomic mass is 9.82. The summed E-state index contributed by atoms with van der Waals surface area (Å²) in [6.07, 6.45) is 0. The zero-order valence-electron chi connectivity index (χ0n) is 15.0. The van der Waals surface area contributed by atoms with Crippen molar-refractivity contribution >= 4 is 16.8 Å². The number of carbonyl (C=O) groups excluding carboxylic acids is 1. The Morgan fingerprint density at radius 1 is 1.40 bits per heavy atom. The van der Waals surface area contributed by atoms with Crippen LogP contribution < -0.4 is 0 Å². The lowest BCUT2D eigenvalue weighted by Crippen LogP contribution is -2.36. The third kappa shape index (κ3) is 2.45. The van der Waals surface area contributed by atoms with Gasteiger partial charge in [-0.2, -0.15) is 0 Å². The fraction of sp³-hybridized carbons (Fsp3) is 0.500. The molecule has 2 aliphatic rings. The molecule has 1 aromatic carbocycles. The molecule has 4 rings (SSSR count). The number of fused-ring (bicyclic) bond motifs is 2. The summed E-state index contributed by atoms with van der Waals surface area (Å²) in [4.78, 5) is 19.8. The van der Waals surface area contributed by atoms with Gasteiger partial charge in [0.15, 0.2) is 0 Å². The van der Waals surface area contributed by atoms with Crippen molar-refractivity contribution in [3.05, 3.63) is 40.6 Å². The van der Waals surface area contributed by atoms with E-state index < -0.39 is 0 Å². The van der Waals surface area contributed by atoms with Gasteiger partial charge in [0.05, 0.1) is 30.9 Å². The molecule has 1 N–H and O–H groups in total. The maximum atomic E-state index is 13.3. The SMILES string of the molecule is Cc1cc(C(=O)N2C[C@H]3COC[C@@]3(CO)C2)c2ccc(C)c(C)c2n1. The van der Waals surface area contributed by atoms with Crippen LogP contribution in [0.25, 0.3) is 10.9 Å². The third-order valence-corrected chi connectivity index (χ3v) is 5.99. The first-order valence-corrected chi connectivity index (χ1v) is 8.80. The van der Waals surface area contributed by atoms with E-state index in [1.807, 2.05) is 30.0 Å². The van der Waals surface area contributed by atoms with Gasteiger partial charge in [0.1, 0.15) is 0 Å². The zero-order chi connectivity index (χ0) is 17.8. The number of aliphatic hydroxyl groups excluding tert-OH is 1. The predicted molar refractivity (Wildman–Crippen MR) is 95.7 cm³/mol. The van der Waals surface area contributed by atoms with Crippen LogP contribution in [-0.4, -0.2) is 53.8 Å². The second-order valence-corrected chi connectivity index (χ2v) is 7.63. The van der Waals surface area contributed by atoms with Crippen molar-refractivity contribution in [3.63, 3.8) is 0 Å². The molecule has 3 heterocycles. The van der Waals surface area contributed by atoms with Crippen LogP contribution >= 0.6 is 0 Å². The monoisotopic (exact) mass is 340 g/mol. The van der Waals surface area contributed by atoms with Gasteiger partial charge in [0, 0.05) is 35.5 Å². The van der Waals surface area contributed by atoms with Gasteiger partial charge < -0.3 is 14.7 Å². The normalized spacial score (nSPS) is 25.6. The topological polar surface area (TPSA) is 62.7 Å². The van der Waals surface area contributed by atoms with Crippen molar-refractivity contribution in [1.29, 1.82) is 0 Å². The molecular formula is C20H24N2O3. The number of ether oxygens (including phenoxy) is 1. The van der Waals surface area contributed by atoms with Crippen molar-refractivity contribution in [2.24, 2.45) is 11.3 Å². The molecule has 0 unspecified atom stereocenters. The number of rotatable bonds is 2. The molecule has 0 radical (unpaired) electrons. The molecule has 0 bridgehead atoms. The molecule has 0 aliphatic carbocycles. The summed E-state index contributed by atoms with van der Waals surface area (Å²) < 4.78 is 5.55. The number of benzene rings is 1. The van der Waals surface area contributed by atoms with Crippen molar-refractivity contribution in [3.8, 4) is 0 Å². The first-order chi connectivity index (χ1) is 11.9. The Hall–Kier alpha value is -1.98. The first-order valence-electron chi connectivity index (χ1n) is 8.80. The van der Waals surface area contributed by atoms with Crippen LogP contribution in [0.5, 0.6) is 0 Å². The fourth-order valence-corrected chi connectivity index (χ4v) is 4.22. The lowest BCUT2D eigenvalue weighted by molar-refractivity contribution is 0.0632. The van der Waals surface area contributed by atoms with Gasteiger partial charge in [-0.25, -0.2) is 0 Å². The van der Waals surface area contributed by atoms with Crippen LogP contribution in [0.3, 0.4) is 0 Å². The number of nitrogens with zero attached hydrogens (tertiary/aromatic N) is 2. The number of hydrogen-bond acceptors (Lipinski definition) is 4. The highest BCUT2D eigenvalue weighted by Gasteiger charge is 2.51. The van der Waals surface area contributed by atoms with Crippen LogP contribution in [0.15, 0.2) is 18.2 Å². The summed E-state index contributed by atoms with van der Waals surface area (Å²) in [6, 6.07) is 5.93. The van der Waals surface area contributed by atoms with E-state index in [4.69, 9.17) is 4.74 Å². The van der Waals surface area contributed by atoms with Gasteiger partial charge in [0.25, 0.3) is 5.91 Å². The smallest absolute Gasteiger partial charge is 0.254 e. The summed E-state index contributed by atoms with van der Waals surface area (Å²) in [5.41, 5.74) is 4.47. The average molecular weight is 340 g/mol. The summed E-state index contributed by atoms with van der Waals surface area (Å²) in [7, 11) is 0. The average Bonchev–Trinajstić information content (AvgIpc) is 3.15. The number of aryl methyl sites for hydroxylation is 3. The Bertz CT molecular complexity index is 864. The van der Waals surface area contributed by atoms with Crippen LogP contribution in [0.1, 0.15) is 27.2 Å². The highest BCUT2D eigenvalue weighted by Crippen LogP contribution is 2.41. The van der Waals surface area contributed by atoms with Gasteiger partial charge in [-0.1, -0.05) is 12.1 Å². The standard InChI is InChI=1S/C20H24N2O3/c1-12-4-5-16-17(6-13(2)21-18(16)14(12)3)19(24)22-7-15-8-25-11-20(15,9-22)10-23/h4-6,15,23H,7-11H2,1-3H3/t15-,20-/m0/s1. The van der Waals surface area contributed by atoms with E-state index in [-0.39, 0.29) is 23.8 Å². The van der Waals surface area contributed by atoms with Crippen molar-refractivity contribution < 1.29 is 14.6 Å². The Balaban J connectivity index is 1.75. The Morgan fingerprint density at radius 3 is 2.92 bits per heavy atom. The number of aromatic nitrogens is 1. The summed E-state index contributed by atoms with van der Waals surface area (Å²) >= 11 is 0. The first kappa shape index (κ1) is 16.5. The van der Waals surface area contributed by atoms with Crippen molar-refractivity contribution in [1.82, 2.24) is 9.88 Å². The van der Waals surface area contributed by atoms with Crippen LogP contribution in [0, 0.1) is 32.1 Å². The second-order valence-electron chi connectivity index (χ2n) is 7.63. The molecule has 0 spiro atoms. The second kappa shape index (κ2) is 5.78. The van der Waals surface area contributed by atoms with Gasteiger partial charge in [0.2, 0.25) is 0 Å². The predicted octanol–water partition coefficient (Wildman–Crippen LogP) is 2.24. The number of amides is 1. The van der Waals surface area contributed by atoms with Crippen LogP contribution in [0.2, 0.25) is 0 Å². The third-order valence-electron chi connectivity index (χ3n) is 5.99. The molecular weight excluding hydrogens is 316 g/mol. The van der Waals surface area contributed by atoms with E-state index >= 15 is 0 Å². The maximum absolute atomic E-state index is 13.3. The summed E-state index contributed by atoms with van der Waals surface area (Å²) in [5.74, 6) is 0.251. The molecule has 2 saturated heterocycles. The highest BCUT2D eigenvalue weighted by atomic mass is 16.5. The number of hydrogen-bond donors (Lipinski definition) is 1. The molecule has 1 aromatic heterocycles. The molecule has 2 aliphatic heterocycles. The van der Waals surface area contributed by atoms with E-state index in [9.17, 15) is 9.90 Å². The van der Waals surface area contributed by atoms with E-state index in [1.165, 1.54) is 5.56 Å². The minimum Gasteiger partial charge on any atom is -0.396 e. The number of pyridine rings is 1. The molecule has 5 nitrogen and oxygen atoms in total. The quantitative estimate of drug-likeness (QED) is 0.911. The van der Waals surface area contributed by atoms with E-state index in [0.29, 0.717) is 31.9 Å². The molecule has 2 aromatic rings. The molecule has 1 amide bonds. The van der Waals surface area contributed by atoms with Crippen LogP contribution in [-0.2, 0) is 4.74 Å². The Labute approximate surface area is 147 Å². The van der Waals surface area contributed by atoms with Gasteiger partial charge in [-0.3, -0.25) is 9.78 Å². The summed E-state index contributed by atoms with van der Waals surface area (Å²) in [5, 5.41) is 10.8. The minimum atomic E-state index is -0.292. The lowest BCUT2D eigenvalue weighted by Gasteiger charge is -2.24. The molecule has 25 heavy (non-hydrogen) atoms. The van der Waals surface area contributed by atoms with Crippen molar-refractivity contribution in [2.75, 3.05) is 32.9 Å². The Kier molecular flexibility index (Phi) is 3.81. The molecule has 0 saturated carbocycles. The van der Waals surface area contributed by atoms with Gasteiger partial charge >= 0.3 is 0 Å². The zero-order valence-corrected chi connectivity index (χ0v) is 15.0. The van der Waals surface area contributed by atoms with E-state index in [0.717, 1.165) is 22.2 Å². The van der Waals surface area contributed by atoms with Gasteiger partial charge in [-0.15, -0.1) is 0 Å². The van der Waals surface area contributed by atoms with Gasteiger partial charge in [-0.05, 0) is 38.0 Å². The Morgan fingerprint density at radius 2 is 2.20 bits per heavy atom. The fourth-order valence-electron chi connectivity index (χ4n) is 4.22. The van der Waals surface area contributed by atoms with Crippen molar-refractivity contribution in [2.45, 2.75) is 20.8 Å². The maximum Gasteiger partial charge on any atom is 0.254 e. The molecule has 2 fully saturated rings. The minimum absolute atomic E-state index is 0.0287. The number of carbonyl (C=O) groups is 1. The molecule has 132 valence electrons. The molecule has 2 atom stereocenters. The number of aliphatic hydroxyl groups is 1. The van der Waals surface area contributed by atoms with Crippen LogP contribution in [0.4, 0.5) is 0 Å². The van der Waals surface area contributed by atoms with E-state index in [2.05, 4.69) is 18.8 Å². The summed E-state index contributed by atoms with van der Waals surface area (Å²) in [6.45, 7) is 8.47. The largest absolute Gasteiger partial charge is 0.396 e. The highest BCUT2D eigenvalue weighted by molar-refractivity contribution is 6.07. The number of likely N-dealkylation sites (tertiary alicyclic amines) is 1. The molecule has 5 heteroatoms.